The van der Waals surface area contributed by atoms with Gasteiger partial charge < -0.3 is 0 Å². The Bertz CT molecular complexity index is 302. The summed E-state index contributed by atoms with van der Waals surface area (Å²) in [4.78, 5) is 0. The number of hydrogen-bond acceptors (Lipinski definition) is 1. The predicted octanol–water partition coefficient (Wildman–Crippen LogP) is 3.02. The highest BCUT2D eigenvalue weighted by Gasteiger charge is 2.19. The van der Waals surface area contributed by atoms with E-state index in [2.05, 4.69) is 36.6 Å². The first-order valence-corrected chi connectivity index (χ1v) is 5.61. The fraction of sp³-hybridized carbons (Fsp3) is 0.727. The summed E-state index contributed by atoms with van der Waals surface area (Å²) >= 11 is 5.92. The summed E-state index contributed by atoms with van der Waals surface area (Å²) in [6.45, 7) is 9.44. The minimum atomic E-state index is 0.154. The van der Waals surface area contributed by atoms with Crippen LogP contribution in [0.3, 0.4) is 0 Å². The Morgan fingerprint density at radius 3 is 2.64 bits per heavy atom. The summed E-state index contributed by atoms with van der Waals surface area (Å²) in [6.07, 6.45) is 0.991. The molecule has 0 bridgehead atoms. The number of rotatable bonds is 4. The molecule has 0 saturated heterocycles. The SMILES string of the molecule is CCn1nc(C)cc1CC(C)(C)CCl. The van der Waals surface area contributed by atoms with Crippen molar-refractivity contribution in [3.63, 3.8) is 0 Å². The molecule has 0 aromatic carbocycles. The molecule has 3 heteroatoms. The van der Waals surface area contributed by atoms with Gasteiger partial charge in [0.05, 0.1) is 5.69 Å². The molecular weight excluding hydrogens is 196 g/mol. The van der Waals surface area contributed by atoms with Crippen LogP contribution in [-0.2, 0) is 13.0 Å². The van der Waals surface area contributed by atoms with E-state index < -0.39 is 0 Å². The minimum absolute atomic E-state index is 0.154. The maximum Gasteiger partial charge on any atom is 0.0596 e. The van der Waals surface area contributed by atoms with Crippen molar-refractivity contribution in [1.29, 1.82) is 0 Å². The topological polar surface area (TPSA) is 17.8 Å². The molecule has 1 aromatic heterocycles. The third-order valence-corrected chi connectivity index (χ3v) is 3.03. The van der Waals surface area contributed by atoms with Crippen LogP contribution in [0.4, 0.5) is 0 Å². The zero-order chi connectivity index (χ0) is 10.8. The van der Waals surface area contributed by atoms with Crippen molar-refractivity contribution in [2.24, 2.45) is 5.41 Å². The molecule has 0 amide bonds. The van der Waals surface area contributed by atoms with E-state index in [9.17, 15) is 0 Å². The van der Waals surface area contributed by atoms with E-state index in [4.69, 9.17) is 11.6 Å². The molecule has 0 aliphatic rings. The molecule has 1 rings (SSSR count). The Morgan fingerprint density at radius 1 is 1.50 bits per heavy atom. The Balaban J connectivity index is 2.85. The van der Waals surface area contributed by atoms with Crippen molar-refractivity contribution in [2.45, 2.75) is 40.7 Å². The molecule has 0 fully saturated rings. The van der Waals surface area contributed by atoms with Crippen molar-refractivity contribution < 1.29 is 0 Å². The Kier molecular flexibility index (Phi) is 3.59. The van der Waals surface area contributed by atoms with Crippen LogP contribution in [0.2, 0.25) is 0 Å². The third-order valence-electron chi connectivity index (χ3n) is 2.31. The first-order valence-electron chi connectivity index (χ1n) is 5.08. The highest BCUT2D eigenvalue weighted by Crippen LogP contribution is 2.23. The molecule has 0 spiro atoms. The zero-order valence-corrected chi connectivity index (χ0v) is 10.2. The number of halogens is 1. The molecule has 0 unspecified atom stereocenters. The molecule has 0 radical (unpaired) electrons. The largest absolute Gasteiger partial charge is 0.270 e. The van der Waals surface area contributed by atoms with E-state index in [1.165, 1.54) is 5.69 Å². The maximum absolute atomic E-state index is 5.92. The van der Waals surface area contributed by atoms with Gasteiger partial charge in [-0.2, -0.15) is 5.10 Å². The van der Waals surface area contributed by atoms with Crippen LogP contribution in [0.25, 0.3) is 0 Å². The van der Waals surface area contributed by atoms with E-state index in [1.54, 1.807) is 0 Å². The van der Waals surface area contributed by atoms with Crippen LogP contribution in [-0.4, -0.2) is 15.7 Å². The van der Waals surface area contributed by atoms with E-state index >= 15 is 0 Å². The standard InChI is InChI=1S/C11H19ClN2/c1-5-14-10(6-9(2)13-14)7-11(3,4)8-12/h6H,5,7-8H2,1-4H3. The number of alkyl halides is 1. The monoisotopic (exact) mass is 214 g/mol. The van der Waals surface area contributed by atoms with Crippen molar-refractivity contribution in [3.8, 4) is 0 Å². The van der Waals surface area contributed by atoms with Gasteiger partial charge in [-0.25, -0.2) is 0 Å². The van der Waals surface area contributed by atoms with Gasteiger partial charge in [0, 0.05) is 18.1 Å². The zero-order valence-electron chi connectivity index (χ0n) is 9.47. The average molecular weight is 215 g/mol. The second kappa shape index (κ2) is 4.35. The lowest BCUT2D eigenvalue weighted by atomic mass is 9.90. The summed E-state index contributed by atoms with van der Waals surface area (Å²) in [6, 6.07) is 2.15. The van der Waals surface area contributed by atoms with Crippen LogP contribution in [0.1, 0.15) is 32.2 Å². The van der Waals surface area contributed by atoms with Gasteiger partial charge in [-0.1, -0.05) is 13.8 Å². The summed E-state index contributed by atoms with van der Waals surface area (Å²) in [5.41, 5.74) is 2.53. The molecule has 0 atom stereocenters. The number of aromatic nitrogens is 2. The van der Waals surface area contributed by atoms with E-state index in [1.807, 2.05) is 6.92 Å². The molecule has 0 saturated carbocycles. The summed E-state index contributed by atoms with van der Waals surface area (Å²) < 4.78 is 2.06. The van der Waals surface area contributed by atoms with Crippen molar-refractivity contribution in [1.82, 2.24) is 9.78 Å². The molecule has 80 valence electrons. The average Bonchev–Trinajstić information content (AvgIpc) is 2.45. The Morgan fingerprint density at radius 2 is 2.14 bits per heavy atom. The second-order valence-corrected chi connectivity index (χ2v) is 4.83. The maximum atomic E-state index is 5.92. The van der Waals surface area contributed by atoms with E-state index in [0.29, 0.717) is 5.88 Å². The molecule has 0 aliphatic carbocycles. The van der Waals surface area contributed by atoms with Crippen LogP contribution in [0.15, 0.2) is 6.07 Å². The molecule has 2 nitrogen and oxygen atoms in total. The van der Waals surface area contributed by atoms with Gasteiger partial charge in [0.1, 0.15) is 0 Å². The van der Waals surface area contributed by atoms with Crippen LogP contribution in [0.5, 0.6) is 0 Å². The van der Waals surface area contributed by atoms with Crippen LogP contribution in [0, 0.1) is 12.3 Å². The lowest BCUT2D eigenvalue weighted by molar-refractivity contribution is 0.400. The van der Waals surface area contributed by atoms with Crippen LogP contribution >= 0.6 is 11.6 Å². The molecule has 0 N–H and O–H groups in total. The Hall–Kier alpha value is -0.500. The Labute approximate surface area is 91.3 Å². The molecule has 1 aromatic rings. The highest BCUT2D eigenvalue weighted by atomic mass is 35.5. The number of nitrogens with zero attached hydrogens (tertiary/aromatic N) is 2. The fourth-order valence-electron chi connectivity index (χ4n) is 1.55. The summed E-state index contributed by atoms with van der Waals surface area (Å²) in [5.74, 6) is 0.681. The van der Waals surface area contributed by atoms with Gasteiger partial charge >= 0.3 is 0 Å². The van der Waals surface area contributed by atoms with Gasteiger partial charge in [-0.15, -0.1) is 11.6 Å². The lowest BCUT2D eigenvalue weighted by Crippen LogP contribution is -2.19. The van der Waals surface area contributed by atoms with Gasteiger partial charge in [0.2, 0.25) is 0 Å². The minimum Gasteiger partial charge on any atom is -0.270 e. The first kappa shape index (κ1) is 11.6. The quantitative estimate of drug-likeness (QED) is 0.705. The van der Waals surface area contributed by atoms with Gasteiger partial charge in [-0.3, -0.25) is 4.68 Å². The summed E-state index contributed by atoms with van der Waals surface area (Å²) in [5, 5.41) is 4.42. The summed E-state index contributed by atoms with van der Waals surface area (Å²) in [7, 11) is 0. The third kappa shape index (κ3) is 2.74. The molecule has 1 heterocycles. The van der Waals surface area contributed by atoms with Crippen molar-refractivity contribution in [3.05, 3.63) is 17.5 Å². The predicted molar refractivity (Wildman–Crippen MR) is 60.8 cm³/mol. The van der Waals surface area contributed by atoms with Gasteiger partial charge in [0.15, 0.2) is 0 Å². The molecule has 14 heavy (non-hydrogen) atoms. The van der Waals surface area contributed by atoms with Gasteiger partial charge in [-0.05, 0) is 31.7 Å². The van der Waals surface area contributed by atoms with E-state index in [-0.39, 0.29) is 5.41 Å². The van der Waals surface area contributed by atoms with Gasteiger partial charge in [0.25, 0.3) is 0 Å². The highest BCUT2D eigenvalue weighted by molar-refractivity contribution is 6.18. The molecular formula is C11H19ClN2. The smallest absolute Gasteiger partial charge is 0.0596 e. The normalized spacial score (nSPS) is 12.1. The van der Waals surface area contributed by atoms with E-state index in [0.717, 1.165) is 18.7 Å². The van der Waals surface area contributed by atoms with Crippen LogP contribution < -0.4 is 0 Å². The lowest BCUT2D eigenvalue weighted by Gasteiger charge is -2.21. The fourth-order valence-corrected chi connectivity index (χ4v) is 1.65. The number of hydrogen-bond donors (Lipinski definition) is 0. The first-order chi connectivity index (χ1) is 6.48. The number of aryl methyl sites for hydroxylation is 2. The second-order valence-electron chi connectivity index (χ2n) is 4.57. The van der Waals surface area contributed by atoms with Crippen molar-refractivity contribution in [2.75, 3.05) is 5.88 Å². The molecule has 0 aliphatic heterocycles. The van der Waals surface area contributed by atoms with Crippen molar-refractivity contribution >= 4 is 11.6 Å².